The third-order valence-electron chi connectivity index (χ3n) is 4.21. The Hall–Kier alpha value is 0.310. The van der Waals surface area contributed by atoms with Crippen molar-refractivity contribution in [3.63, 3.8) is 0 Å². The first-order valence-electron chi connectivity index (χ1n) is 6.70. The van der Waals surface area contributed by atoms with Gasteiger partial charge in [-0.3, -0.25) is 4.67 Å². The quantitative estimate of drug-likeness (QED) is 0.755. The number of nitrogens with two attached hydrogens (primary N) is 1. The average Bonchev–Trinajstić information content (AvgIpc) is 2.33. The number of hydrogen-bond acceptors (Lipinski definition) is 3. The molecule has 2 fully saturated rings. The highest BCUT2D eigenvalue weighted by Gasteiger charge is 2.23. The van der Waals surface area contributed by atoms with E-state index >= 15 is 0 Å². The van der Waals surface area contributed by atoms with E-state index in [0.717, 1.165) is 18.4 Å². The Bertz CT molecular complexity index is 196. The maximum Gasteiger partial charge on any atom is 0.00193 e. The molecule has 2 N–H and O–H groups in total. The summed E-state index contributed by atoms with van der Waals surface area (Å²) in [6.45, 7) is 7.30. The summed E-state index contributed by atoms with van der Waals surface area (Å²) >= 11 is 0. The Kier molecular flexibility index (Phi) is 5.02. The van der Waals surface area contributed by atoms with Crippen molar-refractivity contribution in [3.8, 4) is 0 Å². The molecule has 3 nitrogen and oxygen atoms in total. The van der Waals surface area contributed by atoms with Gasteiger partial charge in [0, 0.05) is 19.6 Å². The van der Waals surface area contributed by atoms with Crippen molar-refractivity contribution in [3.05, 3.63) is 0 Å². The molecule has 2 rings (SSSR count). The van der Waals surface area contributed by atoms with Crippen molar-refractivity contribution in [2.45, 2.75) is 25.7 Å². The molecule has 0 radical (unpaired) electrons. The Morgan fingerprint density at radius 2 is 1.50 bits per heavy atom. The lowest BCUT2D eigenvalue weighted by atomic mass is 9.93. The Morgan fingerprint density at radius 1 is 0.938 bits per heavy atom. The van der Waals surface area contributed by atoms with Crippen LogP contribution in [0.5, 0.6) is 0 Å². The third-order valence-corrected chi connectivity index (χ3v) is 4.72. The highest BCUT2D eigenvalue weighted by molar-refractivity contribution is 7.13. The molecule has 2 aliphatic rings. The molecule has 4 heteroatoms. The standard InChI is InChI=1S/C12H26N3P/c13-9-11-1-5-14(6-2-11)10-12-3-7-15(16)8-4-12/h11-12H,1-10,13,16H2. The van der Waals surface area contributed by atoms with Gasteiger partial charge >= 0.3 is 0 Å². The molecule has 0 spiro atoms. The van der Waals surface area contributed by atoms with E-state index in [1.54, 1.807) is 0 Å². The van der Waals surface area contributed by atoms with Crippen molar-refractivity contribution < 1.29 is 0 Å². The van der Waals surface area contributed by atoms with Crippen molar-refractivity contribution in [1.82, 2.24) is 9.57 Å². The monoisotopic (exact) mass is 243 g/mol. The minimum Gasteiger partial charge on any atom is -0.330 e. The van der Waals surface area contributed by atoms with Crippen LogP contribution in [0.1, 0.15) is 25.7 Å². The number of likely N-dealkylation sites (tertiary alicyclic amines) is 1. The van der Waals surface area contributed by atoms with Crippen LogP contribution in [0.3, 0.4) is 0 Å². The molecular weight excluding hydrogens is 217 g/mol. The number of nitrogens with zero attached hydrogens (tertiary/aromatic N) is 2. The Labute approximate surface area is 102 Å². The van der Waals surface area contributed by atoms with Gasteiger partial charge in [-0.25, -0.2) is 0 Å². The second kappa shape index (κ2) is 6.30. The fraction of sp³-hybridized carbons (Fsp3) is 1.00. The molecule has 1 atom stereocenters. The van der Waals surface area contributed by atoms with Crippen LogP contribution in [-0.2, 0) is 0 Å². The molecule has 0 aromatic heterocycles. The van der Waals surface area contributed by atoms with Crippen molar-refractivity contribution in [2.75, 3.05) is 39.3 Å². The molecule has 0 aromatic carbocycles. The van der Waals surface area contributed by atoms with Gasteiger partial charge in [-0.1, -0.05) is 9.39 Å². The van der Waals surface area contributed by atoms with Crippen LogP contribution in [-0.4, -0.2) is 48.8 Å². The van der Waals surface area contributed by atoms with E-state index in [2.05, 4.69) is 19.0 Å². The lowest BCUT2D eigenvalue weighted by Crippen LogP contribution is -2.40. The molecule has 0 aliphatic carbocycles. The fourth-order valence-electron chi connectivity index (χ4n) is 2.91. The maximum atomic E-state index is 5.72. The molecule has 1 unspecified atom stereocenters. The summed E-state index contributed by atoms with van der Waals surface area (Å²) in [5, 5.41) is 0. The Morgan fingerprint density at radius 3 is 2.06 bits per heavy atom. The van der Waals surface area contributed by atoms with Gasteiger partial charge in [0.15, 0.2) is 0 Å². The van der Waals surface area contributed by atoms with E-state index in [1.165, 1.54) is 58.4 Å². The largest absolute Gasteiger partial charge is 0.330 e. The van der Waals surface area contributed by atoms with Gasteiger partial charge in [0.2, 0.25) is 0 Å². The minimum atomic E-state index is 0.796. The van der Waals surface area contributed by atoms with E-state index in [0.29, 0.717) is 0 Å². The summed E-state index contributed by atoms with van der Waals surface area (Å²) < 4.78 is 2.37. The van der Waals surface area contributed by atoms with Gasteiger partial charge < -0.3 is 10.6 Å². The van der Waals surface area contributed by atoms with Crippen LogP contribution in [0.4, 0.5) is 0 Å². The summed E-state index contributed by atoms with van der Waals surface area (Å²) in [6.07, 6.45) is 5.39. The summed E-state index contributed by atoms with van der Waals surface area (Å²) in [5.74, 6) is 1.73. The first-order chi connectivity index (χ1) is 7.78. The second-order valence-corrected chi connectivity index (χ2v) is 6.19. The van der Waals surface area contributed by atoms with Gasteiger partial charge in [0.25, 0.3) is 0 Å². The van der Waals surface area contributed by atoms with Crippen molar-refractivity contribution >= 4 is 9.39 Å². The van der Waals surface area contributed by atoms with E-state index in [4.69, 9.17) is 5.73 Å². The molecule has 0 saturated carbocycles. The smallest absolute Gasteiger partial charge is 0.00193 e. The normalized spacial score (nSPS) is 27.4. The lowest BCUT2D eigenvalue weighted by Gasteiger charge is -2.36. The highest BCUT2D eigenvalue weighted by atomic mass is 31.0. The molecule has 0 aromatic rings. The second-order valence-electron chi connectivity index (χ2n) is 5.46. The van der Waals surface area contributed by atoms with E-state index in [-0.39, 0.29) is 0 Å². The van der Waals surface area contributed by atoms with Gasteiger partial charge in [-0.15, -0.1) is 0 Å². The topological polar surface area (TPSA) is 32.5 Å². The summed E-state index contributed by atoms with van der Waals surface area (Å²) in [7, 11) is 2.83. The first-order valence-corrected chi connectivity index (χ1v) is 7.21. The molecule has 16 heavy (non-hydrogen) atoms. The van der Waals surface area contributed by atoms with Gasteiger partial charge in [-0.2, -0.15) is 0 Å². The van der Waals surface area contributed by atoms with Crippen LogP contribution in [0.2, 0.25) is 0 Å². The number of hydrogen-bond donors (Lipinski definition) is 1. The average molecular weight is 243 g/mol. The number of rotatable bonds is 3. The molecule has 2 aliphatic heterocycles. The third kappa shape index (κ3) is 3.66. The predicted molar refractivity (Wildman–Crippen MR) is 72.2 cm³/mol. The van der Waals surface area contributed by atoms with E-state index in [9.17, 15) is 0 Å². The fourth-order valence-corrected chi connectivity index (χ4v) is 3.20. The maximum absolute atomic E-state index is 5.72. The van der Waals surface area contributed by atoms with Gasteiger partial charge in [-0.05, 0) is 57.2 Å². The van der Waals surface area contributed by atoms with Crippen LogP contribution in [0.15, 0.2) is 0 Å². The molecule has 0 bridgehead atoms. The molecule has 94 valence electrons. The van der Waals surface area contributed by atoms with Crippen molar-refractivity contribution in [2.24, 2.45) is 17.6 Å². The number of piperidine rings is 2. The molecule has 2 saturated heterocycles. The SMILES string of the molecule is NCC1CCN(CC2CCN(P)CC2)CC1. The highest BCUT2D eigenvalue weighted by Crippen LogP contribution is 2.23. The zero-order valence-corrected chi connectivity index (χ0v) is 11.4. The van der Waals surface area contributed by atoms with E-state index in [1.807, 2.05) is 0 Å². The van der Waals surface area contributed by atoms with Crippen LogP contribution in [0.25, 0.3) is 0 Å². The predicted octanol–water partition coefficient (Wildman–Crippen LogP) is 1.16. The molecular formula is C12H26N3P. The molecule has 2 heterocycles. The zero-order valence-electron chi connectivity index (χ0n) is 10.3. The summed E-state index contributed by atoms with van der Waals surface area (Å²) in [4.78, 5) is 2.66. The summed E-state index contributed by atoms with van der Waals surface area (Å²) in [5.41, 5.74) is 5.72. The van der Waals surface area contributed by atoms with Gasteiger partial charge in [0.05, 0.1) is 0 Å². The lowest BCUT2D eigenvalue weighted by molar-refractivity contribution is 0.141. The molecule has 0 amide bonds. The van der Waals surface area contributed by atoms with Crippen molar-refractivity contribution in [1.29, 1.82) is 0 Å². The first kappa shape index (κ1) is 12.8. The van der Waals surface area contributed by atoms with Crippen LogP contribution in [0, 0.1) is 11.8 Å². The van der Waals surface area contributed by atoms with Crippen LogP contribution >= 0.6 is 9.39 Å². The van der Waals surface area contributed by atoms with Crippen LogP contribution < -0.4 is 5.73 Å². The minimum absolute atomic E-state index is 0.796. The zero-order chi connectivity index (χ0) is 11.4. The Balaban J connectivity index is 1.66. The van der Waals surface area contributed by atoms with Gasteiger partial charge in [0.1, 0.15) is 0 Å². The summed E-state index contributed by atoms with van der Waals surface area (Å²) in [6, 6.07) is 0. The van der Waals surface area contributed by atoms with E-state index < -0.39 is 0 Å².